The molecule has 142 valence electrons. The number of unbranched alkanes of at least 4 members (excludes halogenated alkanes) is 7. The minimum atomic E-state index is 0.772. The first-order valence-corrected chi connectivity index (χ1v) is 10.4. The van der Waals surface area contributed by atoms with Crippen LogP contribution < -0.4 is 4.74 Å². The molecule has 0 radical (unpaired) electrons. The van der Waals surface area contributed by atoms with E-state index < -0.39 is 0 Å². The van der Waals surface area contributed by atoms with Crippen molar-refractivity contribution in [2.75, 3.05) is 6.61 Å². The van der Waals surface area contributed by atoms with Crippen molar-refractivity contribution < 1.29 is 4.74 Å². The second-order valence-corrected chi connectivity index (χ2v) is 6.97. The maximum Gasteiger partial charge on any atom is 0.128 e. The Bertz CT molecular complexity index is 572. The number of hydrogen-bond acceptors (Lipinski definition) is 3. The molecule has 0 unspecified atom stereocenters. The number of nitrogens with zero attached hydrogens (tertiary/aromatic N) is 2. The van der Waals surface area contributed by atoms with Crippen LogP contribution in [0.1, 0.15) is 77.2 Å². The quantitative estimate of drug-likeness (QED) is 0.379. The number of ether oxygens (including phenoxy) is 1. The van der Waals surface area contributed by atoms with Gasteiger partial charge in [0.25, 0.3) is 0 Å². The van der Waals surface area contributed by atoms with Crippen LogP contribution in [-0.4, -0.2) is 16.6 Å². The zero-order valence-corrected chi connectivity index (χ0v) is 16.5. The lowest BCUT2D eigenvalue weighted by atomic mass is 10.0. The van der Waals surface area contributed by atoms with Gasteiger partial charge >= 0.3 is 0 Å². The van der Waals surface area contributed by atoms with Gasteiger partial charge in [-0.3, -0.25) is 0 Å². The van der Waals surface area contributed by atoms with Crippen LogP contribution in [0, 0.1) is 0 Å². The summed E-state index contributed by atoms with van der Waals surface area (Å²) in [5.41, 5.74) is 3.35. The van der Waals surface area contributed by atoms with Gasteiger partial charge in [-0.05, 0) is 37.0 Å². The third-order valence-corrected chi connectivity index (χ3v) is 4.74. The smallest absolute Gasteiger partial charge is 0.128 e. The van der Waals surface area contributed by atoms with E-state index in [-0.39, 0.29) is 0 Å². The van der Waals surface area contributed by atoms with Crippen LogP contribution in [0.4, 0.5) is 0 Å². The highest BCUT2D eigenvalue weighted by Gasteiger charge is 2.12. The maximum absolute atomic E-state index is 6.09. The van der Waals surface area contributed by atoms with Crippen LogP contribution in [0.5, 0.6) is 5.75 Å². The second-order valence-electron chi connectivity index (χ2n) is 6.97. The highest BCUT2D eigenvalue weighted by molar-refractivity contribution is 5.69. The Morgan fingerprint density at radius 1 is 0.846 bits per heavy atom. The van der Waals surface area contributed by atoms with Crippen LogP contribution in [0.3, 0.4) is 0 Å². The van der Waals surface area contributed by atoms with E-state index in [4.69, 9.17) is 4.74 Å². The first kappa shape index (κ1) is 20.4. The summed E-state index contributed by atoms with van der Waals surface area (Å²) in [7, 11) is 0. The van der Waals surface area contributed by atoms with Gasteiger partial charge in [-0.25, -0.2) is 9.97 Å². The summed E-state index contributed by atoms with van der Waals surface area (Å²) in [4.78, 5) is 8.85. The molecule has 2 rings (SSSR count). The molecule has 0 amide bonds. The Balaban J connectivity index is 2.03. The Morgan fingerprint density at radius 2 is 1.58 bits per heavy atom. The van der Waals surface area contributed by atoms with Crippen molar-refractivity contribution >= 4 is 0 Å². The fourth-order valence-corrected chi connectivity index (χ4v) is 3.20. The van der Waals surface area contributed by atoms with E-state index in [1.807, 2.05) is 12.3 Å². The molecule has 3 heteroatoms. The van der Waals surface area contributed by atoms with Crippen LogP contribution in [-0.2, 0) is 6.42 Å². The third-order valence-electron chi connectivity index (χ3n) is 4.74. The van der Waals surface area contributed by atoms with Crippen molar-refractivity contribution in [1.82, 2.24) is 9.97 Å². The highest BCUT2D eigenvalue weighted by atomic mass is 16.5. The van der Waals surface area contributed by atoms with Crippen molar-refractivity contribution in [3.05, 3.63) is 42.4 Å². The van der Waals surface area contributed by atoms with E-state index in [2.05, 4.69) is 42.0 Å². The molecule has 3 nitrogen and oxygen atoms in total. The van der Waals surface area contributed by atoms with Crippen LogP contribution in [0.25, 0.3) is 11.3 Å². The normalized spacial score (nSPS) is 10.8. The molecule has 0 aliphatic carbocycles. The standard InChI is InChI=1S/C23H34N2O/c1-3-5-7-9-10-14-20-18-24-19-25-23(20)21-15-11-12-16-22(21)26-17-13-8-6-4-2/h11-12,15-16,18-19H,3-10,13-14,17H2,1-2H3. The van der Waals surface area contributed by atoms with Gasteiger partial charge in [-0.15, -0.1) is 0 Å². The first-order valence-electron chi connectivity index (χ1n) is 10.4. The summed E-state index contributed by atoms with van der Waals surface area (Å²) in [6.45, 7) is 5.26. The van der Waals surface area contributed by atoms with Gasteiger partial charge in [-0.2, -0.15) is 0 Å². The molecular weight excluding hydrogens is 320 g/mol. The Morgan fingerprint density at radius 3 is 2.38 bits per heavy atom. The van der Waals surface area contributed by atoms with Gasteiger partial charge in [-0.1, -0.05) is 70.9 Å². The van der Waals surface area contributed by atoms with Gasteiger partial charge in [0.05, 0.1) is 12.3 Å². The molecule has 1 heterocycles. The van der Waals surface area contributed by atoms with E-state index in [0.29, 0.717) is 0 Å². The molecule has 0 saturated heterocycles. The summed E-state index contributed by atoms with van der Waals surface area (Å²) in [5.74, 6) is 0.940. The van der Waals surface area contributed by atoms with Crippen LogP contribution in [0.2, 0.25) is 0 Å². The molecule has 1 aromatic carbocycles. The minimum absolute atomic E-state index is 0.772. The molecule has 0 aliphatic rings. The van der Waals surface area contributed by atoms with E-state index in [9.17, 15) is 0 Å². The average Bonchev–Trinajstić information content (AvgIpc) is 2.68. The van der Waals surface area contributed by atoms with Crippen LogP contribution in [0.15, 0.2) is 36.8 Å². The number of rotatable bonds is 13. The SMILES string of the molecule is CCCCCCCc1cncnc1-c1ccccc1OCCCCCC. The van der Waals surface area contributed by atoms with Crippen molar-refractivity contribution in [2.45, 2.75) is 78.1 Å². The topological polar surface area (TPSA) is 35.0 Å². The summed E-state index contributed by atoms with van der Waals surface area (Å²) in [5, 5.41) is 0. The van der Waals surface area contributed by atoms with Crippen molar-refractivity contribution in [1.29, 1.82) is 0 Å². The zero-order chi connectivity index (χ0) is 18.5. The second kappa shape index (κ2) is 12.5. The van der Waals surface area contributed by atoms with E-state index in [0.717, 1.165) is 36.5 Å². The molecule has 0 saturated carbocycles. The molecule has 26 heavy (non-hydrogen) atoms. The first-order chi connectivity index (χ1) is 12.9. The molecule has 0 aliphatic heterocycles. The van der Waals surface area contributed by atoms with Gasteiger partial charge in [0.15, 0.2) is 0 Å². The number of para-hydroxylation sites is 1. The lowest BCUT2D eigenvalue weighted by Gasteiger charge is -2.13. The van der Waals surface area contributed by atoms with E-state index in [1.54, 1.807) is 6.33 Å². The van der Waals surface area contributed by atoms with Gasteiger partial charge in [0.2, 0.25) is 0 Å². The average molecular weight is 355 g/mol. The maximum atomic E-state index is 6.09. The molecule has 0 atom stereocenters. The van der Waals surface area contributed by atoms with E-state index >= 15 is 0 Å². The Hall–Kier alpha value is -1.90. The predicted octanol–water partition coefficient (Wildman–Crippen LogP) is 6.62. The summed E-state index contributed by atoms with van der Waals surface area (Å²) < 4.78 is 6.09. The summed E-state index contributed by atoms with van der Waals surface area (Å²) in [6, 6.07) is 8.27. The van der Waals surface area contributed by atoms with Gasteiger partial charge in [0, 0.05) is 11.8 Å². The summed E-state index contributed by atoms with van der Waals surface area (Å²) >= 11 is 0. The largest absolute Gasteiger partial charge is 0.493 e. The summed E-state index contributed by atoms with van der Waals surface area (Å²) in [6.07, 6.45) is 15.9. The number of aromatic nitrogens is 2. The van der Waals surface area contributed by atoms with Crippen LogP contribution >= 0.6 is 0 Å². The zero-order valence-electron chi connectivity index (χ0n) is 16.5. The molecule has 2 aromatic rings. The van der Waals surface area contributed by atoms with Gasteiger partial charge in [0.1, 0.15) is 12.1 Å². The molecule has 0 bridgehead atoms. The number of benzene rings is 1. The Labute approximate surface area is 159 Å². The Kier molecular flexibility index (Phi) is 9.78. The highest BCUT2D eigenvalue weighted by Crippen LogP contribution is 2.31. The fraction of sp³-hybridized carbons (Fsp3) is 0.565. The monoisotopic (exact) mass is 354 g/mol. The van der Waals surface area contributed by atoms with Crippen molar-refractivity contribution in [2.24, 2.45) is 0 Å². The lowest BCUT2D eigenvalue weighted by Crippen LogP contribution is -2.01. The predicted molar refractivity (Wildman–Crippen MR) is 110 cm³/mol. The lowest BCUT2D eigenvalue weighted by molar-refractivity contribution is 0.306. The molecule has 0 fully saturated rings. The molecule has 0 N–H and O–H groups in total. The van der Waals surface area contributed by atoms with Crippen molar-refractivity contribution in [3.63, 3.8) is 0 Å². The fourth-order valence-electron chi connectivity index (χ4n) is 3.20. The van der Waals surface area contributed by atoms with Gasteiger partial charge < -0.3 is 4.74 Å². The number of aryl methyl sites for hydroxylation is 1. The molecule has 0 spiro atoms. The van der Waals surface area contributed by atoms with E-state index in [1.165, 1.54) is 56.9 Å². The molecular formula is C23H34N2O. The number of hydrogen-bond donors (Lipinski definition) is 0. The third kappa shape index (κ3) is 6.78. The minimum Gasteiger partial charge on any atom is -0.493 e. The molecule has 1 aromatic heterocycles. The van der Waals surface area contributed by atoms with Crippen molar-refractivity contribution in [3.8, 4) is 17.0 Å².